The first-order valence-electron chi connectivity index (χ1n) is 7.54. The van der Waals surface area contributed by atoms with E-state index in [1.807, 2.05) is 18.5 Å². The lowest BCUT2D eigenvalue weighted by molar-refractivity contribution is 0.0943. The third-order valence-corrected chi connectivity index (χ3v) is 4.01. The van der Waals surface area contributed by atoms with Crippen LogP contribution in [0.4, 0.5) is 0 Å². The summed E-state index contributed by atoms with van der Waals surface area (Å²) in [6, 6.07) is 3.61. The zero-order valence-corrected chi connectivity index (χ0v) is 12.5. The van der Waals surface area contributed by atoms with Crippen molar-refractivity contribution < 1.29 is 4.79 Å². The zero-order chi connectivity index (χ0) is 15.4. The fourth-order valence-electron chi connectivity index (χ4n) is 2.84. The summed E-state index contributed by atoms with van der Waals surface area (Å²) in [4.78, 5) is 17.2. The summed E-state index contributed by atoms with van der Waals surface area (Å²) < 4.78 is 1.72. The molecule has 0 saturated carbocycles. The van der Waals surface area contributed by atoms with Gasteiger partial charge in [0.2, 0.25) is 0 Å². The van der Waals surface area contributed by atoms with Crippen molar-refractivity contribution in [1.29, 1.82) is 0 Å². The van der Waals surface area contributed by atoms with E-state index in [2.05, 4.69) is 26.9 Å². The summed E-state index contributed by atoms with van der Waals surface area (Å²) in [5.41, 5.74) is 1.81. The Bertz CT molecular complexity index is 631. The normalized spacial score (nSPS) is 18.5. The van der Waals surface area contributed by atoms with Gasteiger partial charge < -0.3 is 10.3 Å². The maximum Gasteiger partial charge on any atom is 0.267 e. The molecule has 6 nitrogen and oxygen atoms in total. The van der Waals surface area contributed by atoms with Gasteiger partial charge in [-0.15, -0.1) is 0 Å². The molecule has 0 aliphatic carbocycles. The van der Waals surface area contributed by atoms with E-state index in [1.165, 1.54) is 5.56 Å². The van der Waals surface area contributed by atoms with Gasteiger partial charge in [-0.2, -0.15) is 5.10 Å². The molecular formula is C16H21N5O. The molecule has 0 spiro atoms. The number of hydrogen-bond acceptors (Lipinski definition) is 3. The Morgan fingerprint density at radius 3 is 3.23 bits per heavy atom. The molecule has 1 saturated heterocycles. The van der Waals surface area contributed by atoms with Gasteiger partial charge in [-0.1, -0.05) is 6.58 Å². The zero-order valence-electron chi connectivity index (χ0n) is 12.5. The molecular weight excluding hydrogens is 278 g/mol. The average molecular weight is 299 g/mol. The fraction of sp³-hybridized carbons (Fsp3) is 0.375. The Kier molecular flexibility index (Phi) is 4.39. The Hall–Kier alpha value is -2.34. The standard InChI is InChI=1S/C16H21N5O/c1-2-21-12-14(9-19-21)11-20-7-5-13(10-20)8-18-16(22)15-4-3-6-17-15/h2-4,6,9,12-13,17H,1,5,7-8,10-11H2,(H,18,22)/t13-/m0/s1. The fourth-order valence-corrected chi connectivity index (χ4v) is 2.84. The second kappa shape index (κ2) is 6.62. The van der Waals surface area contributed by atoms with Crippen molar-refractivity contribution in [2.45, 2.75) is 13.0 Å². The van der Waals surface area contributed by atoms with Gasteiger partial charge in [0.05, 0.1) is 6.20 Å². The third kappa shape index (κ3) is 3.46. The largest absolute Gasteiger partial charge is 0.357 e. The van der Waals surface area contributed by atoms with Crippen LogP contribution in [-0.4, -0.2) is 45.2 Å². The maximum absolute atomic E-state index is 11.9. The number of carbonyl (C=O) groups excluding carboxylic acids is 1. The van der Waals surface area contributed by atoms with Crippen LogP contribution < -0.4 is 5.32 Å². The molecule has 3 rings (SSSR count). The van der Waals surface area contributed by atoms with E-state index < -0.39 is 0 Å². The summed E-state index contributed by atoms with van der Waals surface area (Å²) in [6.45, 7) is 7.38. The number of rotatable bonds is 6. The summed E-state index contributed by atoms with van der Waals surface area (Å²) >= 11 is 0. The average Bonchev–Trinajstić information content (AvgIpc) is 3.27. The Balaban J connectivity index is 1.44. The van der Waals surface area contributed by atoms with Crippen molar-refractivity contribution in [2.24, 2.45) is 5.92 Å². The van der Waals surface area contributed by atoms with E-state index in [-0.39, 0.29) is 5.91 Å². The molecule has 1 amide bonds. The number of aromatic amines is 1. The third-order valence-electron chi connectivity index (χ3n) is 4.01. The summed E-state index contributed by atoms with van der Waals surface area (Å²) in [6.07, 6.45) is 8.43. The second-order valence-corrected chi connectivity index (χ2v) is 5.69. The topological polar surface area (TPSA) is 65.9 Å². The minimum Gasteiger partial charge on any atom is -0.357 e. The van der Waals surface area contributed by atoms with Crippen molar-refractivity contribution in [3.8, 4) is 0 Å². The number of H-pyrrole nitrogens is 1. The van der Waals surface area contributed by atoms with Crippen LogP contribution in [0.3, 0.4) is 0 Å². The molecule has 0 radical (unpaired) electrons. The predicted octanol–water partition coefficient (Wildman–Crippen LogP) is 1.56. The number of likely N-dealkylation sites (tertiary alicyclic amines) is 1. The SMILES string of the molecule is C=Cn1cc(CN2CC[C@@H](CNC(=O)c3ccc[nH]3)C2)cn1. The van der Waals surface area contributed by atoms with Gasteiger partial charge >= 0.3 is 0 Å². The molecule has 3 heterocycles. The Morgan fingerprint density at radius 2 is 2.50 bits per heavy atom. The van der Waals surface area contributed by atoms with Gasteiger partial charge in [0, 0.05) is 43.8 Å². The van der Waals surface area contributed by atoms with Crippen molar-refractivity contribution in [3.05, 3.63) is 48.6 Å². The van der Waals surface area contributed by atoms with E-state index in [0.717, 1.165) is 32.6 Å². The van der Waals surface area contributed by atoms with Crippen LogP contribution in [0.15, 0.2) is 37.3 Å². The molecule has 1 aliphatic heterocycles. The lowest BCUT2D eigenvalue weighted by atomic mass is 10.1. The lowest BCUT2D eigenvalue weighted by Crippen LogP contribution is -2.31. The van der Waals surface area contributed by atoms with Crippen molar-refractivity contribution >= 4 is 12.1 Å². The number of hydrogen-bond donors (Lipinski definition) is 2. The highest BCUT2D eigenvalue weighted by Gasteiger charge is 2.23. The van der Waals surface area contributed by atoms with E-state index >= 15 is 0 Å². The Morgan fingerprint density at radius 1 is 1.59 bits per heavy atom. The molecule has 22 heavy (non-hydrogen) atoms. The number of amides is 1. The second-order valence-electron chi connectivity index (χ2n) is 5.69. The van der Waals surface area contributed by atoms with Crippen LogP contribution in [0.5, 0.6) is 0 Å². The Labute approximate surface area is 129 Å². The molecule has 116 valence electrons. The first-order valence-corrected chi connectivity index (χ1v) is 7.54. The smallest absolute Gasteiger partial charge is 0.267 e. The van der Waals surface area contributed by atoms with Gasteiger partial charge in [0.25, 0.3) is 5.91 Å². The van der Waals surface area contributed by atoms with Crippen molar-refractivity contribution in [1.82, 2.24) is 25.0 Å². The predicted molar refractivity (Wildman–Crippen MR) is 85.1 cm³/mol. The monoisotopic (exact) mass is 299 g/mol. The molecule has 6 heteroatoms. The molecule has 2 N–H and O–H groups in total. The molecule has 0 bridgehead atoms. The van der Waals surface area contributed by atoms with Gasteiger partial charge in [-0.05, 0) is 31.0 Å². The van der Waals surface area contributed by atoms with E-state index in [4.69, 9.17) is 0 Å². The first kappa shape index (κ1) is 14.6. The lowest BCUT2D eigenvalue weighted by Gasteiger charge is -2.15. The number of nitrogens with zero attached hydrogens (tertiary/aromatic N) is 3. The molecule has 1 fully saturated rings. The van der Waals surface area contributed by atoms with Crippen LogP contribution >= 0.6 is 0 Å². The van der Waals surface area contributed by atoms with Gasteiger partial charge in [0.15, 0.2) is 0 Å². The van der Waals surface area contributed by atoms with Crippen LogP contribution in [0, 0.1) is 5.92 Å². The van der Waals surface area contributed by atoms with Crippen LogP contribution in [0.2, 0.25) is 0 Å². The molecule has 0 aromatic carbocycles. The maximum atomic E-state index is 11.9. The van der Waals surface area contributed by atoms with Crippen LogP contribution in [0.25, 0.3) is 6.20 Å². The molecule has 2 aromatic rings. The van der Waals surface area contributed by atoms with E-state index in [1.54, 1.807) is 23.1 Å². The highest BCUT2D eigenvalue weighted by atomic mass is 16.1. The van der Waals surface area contributed by atoms with Crippen molar-refractivity contribution in [3.63, 3.8) is 0 Å². The summed E-state index contributed by atoms with van der Waals surface area (Å²) in [5, 5.41) is 7.19. The highest BCUT2D eigenvalue weighted by Crippen LogP contribution is 2.18. The molecule has 1 atom stereocenters. The van der Waals surface area contributed by atoms with Crippen molar-refractivity contribution in [2.75, 3.05) is 19.6 Å². The van der Waals surface area contributed by atoms with E-state index in [0.29, 0.717) is 11.6 Å². The summed E-state index contributed by atoms with van der Waals surface area (Å²) in [5.74, 6) is 0.476. The minimum atomic E-state index is -0.0318. The number of aromatic nitrogens is 3. The van der Waals surface area contributed by atoms with Crippen LogP contribution in [0.1, 0.15) is 22.5 Å². The first-order chi connectivity index (χ1) is 10.7. The van der Waals surface area contributed by atoms with Gasteiger partial charge in [0.1, 0.15) is 5.69 Å². The van der Waals surface area contributed by atoms with E-state index in [9.17, 15) is 4.79 Å². The molecule has 1 aliphatic rings. The van der Waals surface area contributed by atoms with Crippen LogP contribution in [-0.2, 0) is 6.54 Å². The number of carbonyl (C=O) groups is 1. The van der Waals surface area contributed by atoms with Gasteiger partial charge in [-0.25, -0.2) is 4.68 Å². The summed E-state index contributed by atoms with van der Waals surface area (Å²) in [7, 11) is 0. The number of nitrogens with one attached hydrogen (secondary N) is 2. The molecule has 0 unspecified atom stereocenters. The highest BCUT2D eigenvalue weighted by molar-refractivity contribution is 5.92. The minimum absolute atomic E-state index is 0.0318. The van der Waals surface area contributed by atoms with Gasteiger partial charge in [-0.3, -0.25) is 9.69 Å². The molecule has 2 aromatic heterocycles. The quantitative estimate of drug-likeness (QED) is 0.851.